The van der Waals surface area contributed by atoms with Crippen LogP contribution in [0.1, 0.15) is 12.8 Å². The van der Waals surface area contributed by atoms with E-state index in [9.17, 15) is 0 Å². The quantitative estimate of drug-likeness (QED) is 0.473. The number of nitrogens with two attached hydrogens (primary N) is 2. The predicted octanol–water partition coefficient (Wildman–Crippen LogP) is -0.0176. The van der Waals surface area contributed by atoms with E-state index in [-0.39, 0.29) is 0 Å². The maximum absolute atomic E-state index is 5.30. The van der Waals surface area contributed by atoms with E-state index in [1.165, 1.54) is 0 Å². The van der Waals surface area contributed by atoms with Gasteiger partial charge < -0.3 is 11.5 Å². The first-order valence-corrected chi connectivity index (χ1v) is 3.41. The summed E-state index contributed by atoms with van der Waals surface area (Å²) in [6, 6.07) is 0. The number of rotatable bonds is 4. The van der Waals surface area contributed by atoms with E-state index >= 15 is 0 Å². The lowest BCUT2D eigenvalue weighted by molar-refractivity contribution is 0.712. The molecule has 8 heavy (non-hydrogen) atoms. The molecule has 0 radical (unpaired) electrons. The van der Waals surface area contributed by atoms with Gasteiger partial charge >= 0.3 is 0 Å². The molecule has 0 aromatic rings. The van der Waals surface area contributed by atoms with Crippen LogP contribution in [0.25, 0.3) is 0 Å². The topological polar surface area (TPSA) is 52.0 Å². The fourth-order valence-corrected chi connectivity index (χ4v) is 0.654. The van der Waals surface area contributed by atoms with Crippen molar-refractivity contribution in [2.75, 3.05) is 13.1 Å². The maximum Gasteiger partial charge on any atom is 0.0140 e. The SMILES string of the molecule is NCCCC(S)CN. The summed E-state index contributed by atoms with van der Waals surface area (Å²) >= 11 is 4.18. The molecule has 0 fully saturated rings. The highest BCUT2D eigenvalue weighted by atomic mass is 32.1. The summed E-state index contributed by atoms with van der Waals surface area (Å²) in [5.74, 6) is 0. The number of hydrogen-bond donors (Lipinski definition) is 3. The number of thiol groups is 1. The summed E-state index contributed by atoms with van der Waals surface area (Å²) in [6.07, 6.45) is 2.07. The molecular weight excluding hydrogens is 120 g/mol. The van der Waals surface area contributed by atoms with E-state index in [4.69, 9.17) is 11.5 Å². The summed E-state index contributed by atoms with van der Waals surface area (Å²) in [5, 5.41) is 0.346. The Morgan fingerprint density at radius 3 is 2.38 bits per heavy atom. The Bertz CT molecular complexity index is 49.7. The Morgan fingerprint density at radius 1 is 1.38 bits per heavy atom. The Kier molecular flexibility index (Phi) is 5.59. The van der Waals surface area contributed by atoms with Crippen LogP contribution in [0.15, 0.2) is 0 Å². The zero-order chi connectivity index (χ0) is 6.41. The second-order valence-corrected chi connectivity index (χ2v) is 2.55. The van der Waals surface area contributed by atoms with Gasteiger partial charge in [0.1, 0.15) is 0 Å². The summed E-state index contributed by atoms with van der Waals surface area (Å²) in [7, 11) is 0. The molecule has 0 saturated carbocycles. The molecule has 0 aromatic carbocycles. The molecule has 0 spiro atoms. The first kappa shape index (κ1) is 8.27. The molecule has 1 unspecified atom stereocenters. The van der Waals surface area contributed by atoms with Crippen LogP contribution in [-0.4, -0.2) is 18.3 Å². The Morgan fingerprint density at radius 2 is 2.00 bits per heavy atom. The van der Waals surface area contributed by atoms with Crippen LogP contribution in [0.2, 0.25) is 0 Å². The van der Waals surface area contributed by atoms with Crippen LogP contribution in [0.4, 0.5) is 0 Å². The molecule has 0 aliphatic rings. The van der Waals surface area contributed by atoms with Gasteiger partial charge in [-0.3, -0.25) is 0 Å². The summed E-state index contributed by atoms with van der Waals surface area (Å²) in [5.41, 5.74) is 10.6. The van der Waals surface area contributed by atoms with E-state index in [1.807, 2.05) is 0 Å². The van der Waals surface area contributed by atoms with Gasteiger partial charge in [0.15, 0.2) is 0 Å². The molecule has 0 bridgehead atoms. The zero-order valence-electron chi connectivity index (χ0n) is 5.01. The number of hydrogen-bond acceptors (Lipinski definition) is 3. The van der Waals surface area contributed by atoms with Crippen molar-refractivity contribution in [1.82, 2.24) is 0 Å². The third-order valence-electron chi connectivity index (χ3n) is 1.01. The van der Waals surface area contributed by atoms with Gasteiger partial charge in [-0.25, -0.2) is 0 Å². The van der Waals surface area contributed by atoms with Crippen molar-refractivity contribution in [2.24, 2.45) is 11.5 Å². The van der Waals surface area contributed by atoms with Gasteiger partial charge in [0.25, 0.3) is 0 Å². The Labute approximate surface area is 56.0 Å². The van der Waals surface area contributed by atoms with E-state index in [1.54, 1.807) is 0 Å². The molecule has 0 rings (SSSR count). The van der Waals surface area contributed by atoms with Crippen molar-refractivity contribution < 1.29 is 0 Å². The molecule has 0 aliphatic carbocycles. The average Bonchev–Trinajstić information content (AvgIpc) is 1.83. The van der Waals surface area contributed by atoms with E-state index in [2.05, 4.69) is 12.6 Å². The highest BCUT2D eigenvalue weighted by Crippen LogP contribution is 2.00. The van der Waals surface area contributed by atoms with Gasteiger partial charge in [-0.1, -0.05) is 0 Å². The first-order chi connectivity index (χ1) is 3.81. The predicted molar refractivity (Wildman–Crippen MR) is 40.1 cm³/mol. The molecule has 0 heterocycles. The average molecular weight is 134 g/mol. The van der Waals surface area contributed by atoms with Crippen molar-refractivity contribution >= 4 is 12.6 Å². The Hall–Kier alpha value is 0.270. The van der Waals surface area contributed by atoms with E-state index < -0.39 is 0 Å². The van der Waals surface area contributed by atoms with Crippen molar-refractivity contribution in [1.29, 1.82) is 0 Å². The molecule has 1 atom stereocenters. The fourth-order valence-electron chi connectivity index (χ4n) is 0.471. The lowest BCUT2D eigenvalue weighted by Crippen LogP contribution is -2.15. The lowest BCUT2D eigenvalue weighted by atomic mass is 10.2. The molecule has 0 amide bonds. The van der Waals surface area contributed by atoms with Crippen LogP contribution in [0, 0.1) is 0 Å². The van der Waals surface area contributed by atoms with Crippen LogP contribution < -0.4 is 11.5 Å². The third-order valence-corrected chi connectivity index (χ3v) is 1.48. The van der Waals surface area contributed by atoms with Crippen molar-refractivity contribution in [3.8, 4) is 0 Å². The van der Waals surface area contributed by atoms with Gasteiger partial charge in [0.2, 0.25) is 0 Å². The molecule has 2 nitrogen and oxygen atoms in total. The van der Waals surface area contributed by atoms with E-state index in [0.29, 0.717) is 11.8 Å². The summed E-state index contributed by atoms with van der Waals surface area (Å²) in [6.45, 7) is 1.40. The summed E-state index contributed by atoms with van der Waals surface area (Å²) in [4.78, 5) is 0. The van der Waals surface area contributed by atoms with Crippen LogP contribution >= 0.6 is 12.6 Å². The molecule has 0 aromatic heterocycles. The second-order valence-electron chi connectivity index (χ2n) is 1.82. The van der Waals surface area contributed by atoms with Crippen molar-refractivity contribution in [3.05, 3.63) is 0 Å². The van der Waals surface area contributed by atoms with Gasteiger partial charge in [-0.15, -0.1) is 0 Å². The van der Waals surface area contributed by atoms with Crippen LogP contribution in [0.3, 0.4) is 0 Å². The summed E-state index contributed by atoms with van der Waals surface area (Å²) < 4.78 is 0. The van der Waals surface area contributed by atoms with Crippen LogP contribution in [0.5, 0.6) is 0 Å². The van der Waals surface area contributed by atoms with Crippen molar-refractivity contribution in [3.63, 3.8) is 0 Å². The monoisotopic (exact) mass is 134 g/mol. The molecular formula is C5H14N2S. The molecule has 0 saturated heterocycles. The standard InChI is InChI=1S/C5H14N2S/c6-3-1-2-5(8)4-7/h5,8H,1-4,6-7H2. The normalized spacial score (nSPS) is 13.9. The molecule has 50 valence electrons. The molecule has 3 heteroatoms. The van der Waals surface area contributed by atoms with Gasteiger partial charge in [-0.05, 0) is 19.4 Å². The highest BCUT2D eigenvalue weighted by molar-refractivity contribution is 7.81. The minimum absolute atomic E-state index is 0.346. The highest BCUT2D eigenvalue weighted by Gasteiger charge is 1.96. The second kappa shape index (κ2) is 5.41. The van der Waals surface area contributed by atoms with Gasteiger partial charge in [0, 0.05) is 11.8 Å². The zero-order valence-corrected chi connectivity index (χ0v) is 5.90. The van der Waals surface area contributed by atoms with E-state index in [0.717, 1.165) is 19.4 Å². The van der Waals surface area contributed by atoms with Crippen LogP contribution in [-0.2, 0) is 0 Å². The van der Waals surface area contributed by atoms with Gasteiger partial charge in [0.05, 0.1) is 0 Å². The maximum atomic E-state index is 5.30. The first-order valence-electron chi connectivity index (χ1n) is 2.89. The fraction of sp³-hybridized carbons (Fsp3) is 1.00. The smallest absolute Gasteiger partial charge is 0.0140 e. The molecule has 0 aliphatic heterocycles. The minimum Gasteiger partial charge on any atom is -0.330 e. The molecule has 4 N–H and O–H groups in total. The minimum atomic E-state index is 0.346. The van der Waals surface area contributed by atoms with Gasteiger partial charge in [-0.2, -0.15) is 12.6 Å². The largest absolute Gasteiger partial charge is 0.330 e. The lowest BCUT2D eigenvalue weighted by Gasteiger charge is -2.03. The van der Waals surface area contributed by atoms with Crippen molar-refractivity contribution in [2.45, 2.75) is 18.1 Å². The third kappa shape index (κ3) is 4.43. The Balaban J connectivity index is 2.86.